The lowest BCUT2D eigenvalue weighted by atomic mass is 10.0. The molecule has 18 heavy (non-hydrogen) atoms. The first kappa shape index (κ1) is 13.4. The molecule has 3 heteroatoms. The van der Waals surface area contributed by atoms with Gasteiger partial charge in [0, 0.05) is 31.5 Å². The Morgan fingerprint density at radius 1 is 1.33 bits per heavy atom. The molecule has 2 aliphatic heterocycles. The van der Waals surface area contributed by atoms with Gasteiger partial charge in [-0.1, -0.05) is 0 Å². The molecule has 0 radical (unpaired) electrons. The zero-order valence-electron chi connectivity index (χ0n) is 11.2. The van der Waals surface area contributed by atoms with Crippen molar-refractivity contribution in [3.63, 3.8) is 0 Å². The van der Waals surface area contributed by atoms with Crippen molar-refractivity contribution in [2.75, 3.05) is 13.1 Å². The first-order valence-corrected chi connectivity index (χ1v) is 7.29. The Labute approximate surface area is 110 Å². The molecule has 2 rings (SSSR count). The van der Waals surface area contributed by atoms with Crippen molar-refractivity contribution < 1.29 is 4.79 Å². The molecule has 2 saturated heterocycles. The van der Waals surface area contributed by atoms with Crippen molar-refractivity contribution in [1.82, 2.24) is 10.2 Å². The lowest BCUT2D eigenvalue weighted by Gasteiger charge is -2.29. The van der Waals surface area contributed by atoms with Crippen LogP contribution in [-0.2, 0) is 4.79 Å². The average Bonchev–Trinajstić information content (AvgIpc) is 3.02. The van der Waals surface area contributed by atoms with Crippen LogP contribution in [0.3, 0.4) is 0 Å². The molecular formula is C15H24N2O. The molecule has 0 aliphatic carbocycles. The molecule has 2 fully saturated rings. The molecule has 0 bridgehead atoms. The van der Waals surface area contributed by atoms with Crippen LogP contribution in [0.5, 0.6) is 0 Å². The Bertz CT molecular complexity index is 315. The van der Waals surface area contributed by atoms with Crippen molar-refractivity contribution in [2.45, 2.75) is 63.5 Å². The van der Waals surface area contributed by atoms with Crippen LogP contribution in [0.4, 0.5) is 0 Å². The number of hydrogen-bond donors (Lipinski definition) is 1. The Hall–Kier alpha value is -1.01. The number of hydrogen-bond acceptors (Lipinski definition) is 2. The van der Waals surface area contributed by atoms with E-state index in [-0.39, 0.29) is 0 Å². The summed E-state index contributed by atoms with van der Waals surface area (Å²) in [5.41, 5.74) is 0. The monoisotopic (exact) mass is 248 g/mol. The predicted octanol–water partition coefficient (Wildman–Crippen LogP) is 1.92. The van der Waals surface area contributed by atoms with Crippen LogP contribution in [-0.4, -0.2) is 36.0 Å². The largest absolute Gasteiger partial charge is 0.338 e. The van der Waals surface area contributed by atoms with Gasteiger partial charge in [0.05, 0.1) is 0 Å². The minimum absolute atomic E-state index is 0.336. The van der Waals surface area contributed by atoms with Crippen molar-refractivity contribution >= 4 is 5.91 Å². The SMILES string of the molecule is C#CCCCCC(=O)N1CCCC1C1CCCN1. The number of nitrogens with zero attached hydrogens (tertiary/aromatic N) is 1. The van der Waals surface area contributed by atoms with Crippen LogP contribution in [0.15, 0.2) is 0 Å². The predicted molar refractivity (Wildman–Crippen MR) is 73.1 cm³/mol. The smallest absolute Gasteiger partial charge is 0.222 e. The van der Waals surface area contributed by atoms with Crippen molar-refractivity contribution in [1.29, 1.82) is 0 Å². The first-order valence-electron chi connectivity index (χ1n) is 7.29. The van der Waals surface area contributed by atoms with Crippen molar-refractivity contribution in [3.8, 4) is 12.3 Å². The van der Waals surface area contributed by atoms with E-state index in [9.17, 15) is 4.79 Å². The van der Waals surface area contributed by atoms with Gasteiger partial charge in [-0.15, -0.1) is 12.3 Å². The van der Waals surface area contributed by atoms with Gasteiger partial charge in [0.2, 0.25) is 5.91 Å². The van der Waals surface area contributed by atoms with Crippen LogP contribution in [0.1, 0.15) is 51.4 Å². The molecule has 0 aromatic carbocycles. The second-order valence-electron chi connectivity index (χ2n) is 5.41. The average molecular weight is 248 g/mol. The summed E-state index contributed by atoms with van der Waals surface area (Å²) in [5, 5.41) is 3.54. The Morgan fingerprint density at radius 2 is 2.22 bits per heavy atom. The van der Waals surface area contributed by atoms with Gasteiger partial charge < -0.3 is 10.2 Å². The van der Waals surface area contributed by atoms with Gasteiger partial charge >= 0.3 is 0 Å². The maximum absolute atomic E-state index is 12.2. The van der Waals surface area contributed by atoms with Crippen LogP contribution < -0.4 is 5.32 Å². The van der Waals surface area contributed by atoms with Crippen LogP contribution >= 0.6 is 0 Å². The normalized spacial score (nSPS) is 27.4. The maximum Gasteiger partial charge on any atom is 0.222 e. The third-order valence-electron chi connectivity index (χ3n) is 4.14. The molecule has 0 saturated carbocycles. The summed E-state index contributed by atoms with van der Waals surface area (Å²) in [6, 6.07) is 0.995. The van der Waals surface area contributed by atoms with Gasteiger partial charge in [-0.2, -0.15) is 0 Å². The van der Waals surface area contributed by atoms with Gasteiger partial charge in [0.15, 0.2) is 0 Å². The Kier molecular flexibility index (Phi) is 5.07. The zero-order valence-corrected chi connectivity index (χ0v) is 11.2. The van der Waals surface area contributed by atoms with E-state index in [4.69, 9.17) is 6.42 Å². The van der Waals surface area contributed by atoms with Gasteiger partial charge in [0.25, 0.3) is 0 Å². The molecular weight excluding hydrogens is 224 g/mol. The molecule has 3 nitrogen and oxygen atoms in total. The molecule has 2 unspecified atom stereocenters. The van der Waals surface area contributed by atoms with Crippen molar-refractivity contribution in [3.05, 3.63) is 0 Å². The van der Waals surface area contributed by atoms with Gasteiger partial charge in [0.1, 0.15) is 0 Å². The molecule has 0 aromatic rings. The van der Waals surface area contributed by atoms with E-state index >= 15 is 0 Å². The van der Waals surface area contributed by atoms with Gasteiger partial charge in [-0.25, -0.2) is 0 Å². The fraction of sp³-hybridized carbons (Fsp3) is 0.800. The fourth-order valence-corrected chi connectivity index (χ4v) is 3.21. The van der Waals surface area contributed by atoms with E-state index in [0.717, 1.165) is 32.4 Å². The standard InChI is InChI=1S/C15H24N2O/c1-2-3-4-5-10-15(18)17-12-7-9-14(17)13-8-6-11-16-13/h1,13-14,16H,3-12H2. The maximum atomic E-state index is 12.2. The minimum Gasteiger partial charge on any atom is -0.338 e. The summed E-state index contributed by atoms with van der Waals surface area (Å²) in [7, 11) is 0. The highest BCUT2D eigenvalue weighted by Gasteiger charge is 2.35. The lowest BCUT2D eigenvalue weighted by Crippen LogP contribution is -2.46. The summed E-state index contributed by atoms with van der Waals surface area (Å²) in [5.74, 6) is 2.97. The van der Waals surface area contributed by atoms with E-state index in [1.165, 1.54) is 25.7 Å². The van der Waals surface area contributed by atoms with Crippen molar-refractivity contribution in [2.24, 2.45) is 0 Å². The molecule has 0 aromatic heterocycles. The van der Waals surface area contributed by atoms with E-state index in [1.54, 1.807) is 0 Å². The van der Waals surface area contributed by atoms with E-state index in [1.807, 2.05) is 0 Å². The molecule has 1 amide bonds. The van der Waals surface area contributed by atoms with Crippen LogP contribution in [0.2, 0.25) is 0 Å². The number of carbonyl (C=O) groups is 1. The number of amides is 1. The Balaban J connectivity index is 1.79. The third kappa shape index (κ3) is 3.26. The highest BCUT2D eigenvalue weighted by molar-refractivity contribution is 5.76. The summed E-state index contributed by atoms with van der Waals surface area (Å²) in [4.78, 5) is 14.3. The first-order chi connectivity index (χ1) is 8.83. The number of nitrogens with one attached hydrogen (secondary N) is 1. The second-order valence-corrected chi connectivity index (χ2v) is 5.41. The summed E-state index contributed by atoms with van der Waals surface area (Å²) < 4.78 is 0. The van der Waals surface area contributed by atoms with E-state index in [0.29, 0.717) is 24.4 Å². The minimum atomic E-state index is 0.336. The number of likely N-dealkylation sites (tertiary alicyclic amines) is 1. The van der Waals surface area contributed by atoms with Crippen LogP contribution in [0.25, 0.3) is 0 Å². The van der Waals surface area contributed by atoms with Crippen LogP contribution in [0, 0.1) is 12.3 Å². The highest BCUT2D eigenvalue weighted by Crippen LogP contribution is 2.25. The molecule has 100 valence electrons. The second kappa shape index (κ2) is 6.80. The highest BCUT2D eigenvalue weighted by atomic mass is 16.2. The number of unbranched alkanes of at least 4 members (excludes halogenated alkanes) is 2. The Morgan fingerprint density at radius 3 is 2.94 bits per heavy atom. The zero-order chi connectivity index (χ0) is 12.8. The molecule has 2 atom stereocenters. The summed E-state index contributed by atoms with van der Waals surface area (Å²) in [6.07, 6.45) is 13.4. The molecule has 2 aliphatic rings. The summed E-state index contributed by atoms with van der Waals surface area (Å²) >= 11 is 0. The lowest BCUT2D eigenvalue weighted by molar-refractivity contribution is -0.132. The summed E-state index contributed by atoms with van der Waals surface area (Å²) in [6.45, 7) is 2.07. The molecule has 2 heterocycles. The van der Waals surface area contributed by atoms with E-state index < -0.39 is 0 Å². The van der Waals surface area contributed by atoms with E-state index in [2.05, 4.69) is 16.1 Å². The van der Waals surface area contributed by atoms with Gasteiger partial charge in [-0.05, 0) is 45.1 Å². The number of terminal acetylenes is 1. The van der Waals surface area contributed by atoms with Gasteiger partial charge in [-0.3, -0.25) is 4.79 Å². The molecule has 1 N–H and O–H groups in total. The number of carbonyl (C=O) groups excluding carboxylic acids is 1. The quantitative estimate of drug-likeness (QED) is 0.595. The fourth-order valence-electron chi connectivity index (χ4n) is 3.21. The number of rotatable bonds is 5. The third-order valence-corrected chi connectivity index (χ3v) is 4.14. The topological polar surface area (TPSA) is 32.3 Å². The molecule has 0 spiro atoms.